The van der Waals surface area contributed by atoms with Crippen molar-refractivity contribution in [3.05, 3.63) is 0 Å². The average Bonchev–Trinajstić information content (AvgIpc) is 2.34. The lowest BCUT2D eigenvalue weighted by Crippen LogP contribution is -2.39. The van der Waals surface area contributed by atoms with E-state index in [9.17, 15) is 9.59 Å². The Kier molecular flexibility index (Phi) is 1.89. The highest BCUT2D eigenvalue weighted by atomic mass is 16.2. The minimum atomic E-state index is -0.294. The third-order valence-corrected chi connectivity index (χ3v) is 1.56. The van der Waals surface area contributed by atoms with E-state index in [1.165, 1.54) is 0 Å². The number of rotatable bonds is 1. The minimum absolute atomic E-state index is 0.0337. The first-order valence-electron chi connectivity index (χ1n) is 3.25. The van der Waals surface area contributed by atoms with E-state index in [2.05, 4.69) is 10.6 Å². The first kappa shape index (κ1) is 7.05. The molecule has 0 unspecified atom stereocenters. The van der Waals surface area contributed by atoms with Gasteiger partial charge in [-0.2, -0.15) is 0 Å². The van der Waals surface area contributed by atoms with Gasteiger partial charge in [-0.15, -0.1) is 0 Å². The van der Waals surface area contributed by atoms with Crippen molar-refractivity contribution >= 4 is 11.8 Å². The topological polar surface area (TPSA) is 58.2 Å². The summed E-state index contributed by atoms with van der Waals surface area (Å²) in [4.78, 5) is 21.4. The Balaban J connectivity index is 2.44. The molecule has 0 aromatic carbocycles. The molecule has 1 atom stereocenters. The van der Waals surface area contributed by atoms with Gasteiger partial charge in [0.15, 0.2) is 0 Å². The molecule has 0 aliphatic carbocycles. The Labute approximate surface area is 59.0 Å². The summed E-state index contributed by atoms with van der Waals surface area (Å²) >= 11 is 0. The second kappa shape index (κ2) is 2.68. The Hall–Kier alpha value is -1.06. The van der Waals surface area contributed by atoms with Crippen molar-refractivity contribution in [1.29, 1.82) is 0 Å². The van der Waals surface area contributed by atoms with Crippen LogP contribution < -0.4 is 10.6 Å². The fourth-order valence-corrected chi connectivity index (χ4v) is 0.985. The number of carbonyl (C=O) groups is 2. The molecule has 4 nitrogen and oxygen atoms in total. The monoisotopic (exact) mass is 142 g/mol. The fourth-order valence-electron chi connectivity index (χ4n) is 0.985. The molecule has 0 saturated carbocycles. The van der Waals surface area contributed by atoms with Crippen LogP contribution in [0, 0.1) is 0 Å². The van der Waals surface area contributed by atoms with Crippen LogP contribution in [-0.2, 0) is 9.59 Å². The van der Waals surface area contributed by atoms with Crippen LogP contribution in [0.25, 0.3) is 0 Å². The second-order valence-electron chi connectivity index (χ2n) is 2.27. The van der Waals surface area contributed by atoms with Gasteiger partial charge in [0.05, 0.1) is 0 Å². The van der Waals surface area contributed by atoms with Crippen LogP contribution >= 0.6 is 0 Å². The van der Waals surface area contributed by atoms with Gasteiger partial charge in [0, 0.05) is 13.5 Å². The maximum Gasteiger partial charge on any atom is 0.242 e. The maximum absolute atomic E-state index is 10.8. The van der Waals surface area contributed by atoms with E-state index in [-0.39, 0.29) is 17.9 Å². The molecular weight excluding hydrogens is 132 g/mol. The lowest BCUT2D eigenvalue weighted by atomic mass is 10.2. The summed E-state index contributed by atoms with van der Waals surface area (Å²) < 4.78 is 0. The molecule has 2 N–H and O–H groups in total. The third-order valence-electron chi connectivity index (χ3n) is 1.56. The highest BCUT2D eigenvalue weighted by Crippen LogP contribution is 2.05. The molecule has 0 aromatic rings. The quantitative estimate of drug-likeness (QED) is 0.494. The highest BCUT2D eigenvalue weighted by Gasteiger charge is 2.25. The van der Waals surface area contributed by atoms with Crippen LogP contribution in [0.3, 0.4) is 0 Å². The Morgan fingerprint density at radius 2 is 2.50 bits per heavy atom. The lowest BCUT2D eigenvalue weighted by Gasteiger charge is -2.05. The highest BCUT2D eigenvalue weighted by molar-refractivity contribution is 5.90. The van der Waals surface area contributed by atoms with Crippen molar-refractivity contribution in [2.75, 3.05) is 7.05 Å². The standard InChI is InChI=1S/C6H10N2O2/c1-7-6(10)4-2-3-5(9)8-4/h4H,2-3H2,1H3,(H,7,10)(H,8,9)/t4-/m0/s1. The lowest BCUT2D eigenvalue weighted by molar-refractivity contribution is -0.125. The van der Waals surface area contributed by atoms with E-state index in [0.717, 1.165) is 0 Å². The molecule has 10 heavy (non-hydrogen) atoms. The van der Waals surface area contributed by atoms with Crippen molar-refractivity contribution in [1.82, 2.24) is 10.6 Å². The van der Waals surface area contributed by atoms with E-state index in [0.29, 0.717) is 12.8 Å². The molecule has 1 heterocycles. The Bertz CT molecular complexity index is 167. The van der Waals surface area contributed by atoms with Gasteiger partial charge in [0.25, 0.3) is 0 Å². The molecular formula is C6H10N2O2. The summed E-state index contributed by atoms with van der Waals surface area (Å²) in [7, 11) is 1.56. The molecule has 2 amide bonds. The van der Waals surface area contributed by atoms with Gasteiger partial charge in [0.2, 0.25) is 11.8 Å². The molecule has 0 radical (unpaired) electrons. The van der Waals surface area contributed by atoms with Crippen molar-refractivity contribution in [3.63, 3.8) is 0 Å². The van der Waals surface area contributed by atoms with Gasteiger partial charge < -0.3 is 10.6 Å². The van der Waals surface area contributed by atoms with Crippen LogP contribution in [0.15, 0.2) is 0 Å². The number of amides is 2. The molecule has 1 fully saturated rings. The first-order valence-corrected chi connectivity index (χ1v) is 3.25. The van der Waals surface area contributed by atoms with Gasteiger partial charge in [0.1, 0.15) is 6.04 Å². The summed E-state index contributed by atoms with van der Waals surface area (Å²) in [5, 5.41) is 5.03. The SMILES string of the molecule is CNC(=O)[C@@H]1CCC(=O)N1. The van der Waals surface area contributed by atoms with Crippen LogP contribution in [0.4, 0.5) is 0 Å². The number of hydrogen-bond donors (Lipinski definition) is 2. The fraction of sp³-hybridized carbons (Fsp3) is 0.667. The van der Waals surface area contributed by atoms with E-state index >= 15 is 0 Å². The predicted octanol–water partition coefficient (Wildman–Crippen LogP) is -0.989. The number of hydrogen-bond acceptors (Lipinski definition) is 2. The van der Waals surface area contributed by atoms with E-state index in [4.69, 9.17) is 0 Å². The van der Waals surface area contributed by atoms with Gasteiger partial charge in [-0.25, -0.2) is 0 Å². The number of carbonyl (C=O) groups excluding carboxylic acids is 2. The van der Waals surface area contributed by atoms with Gasteiger partial charge in [-0.3, -0.25) is 9.59 Å². The van der Waals surface area contributed by atoms with Crippen LogP contribution in [0.5, 0.6) is 0 Å². The third kappa shape index (κ3) is 1.26. The van der Waals surface area contributed by atoms with Crippen molar-refractivity contribution in [2.45, 2.75) is 18.9 Å². The molecule has 0 bridgehead atoms. The maximum atomic E-state index is 10.8. The summed E-state index contributed by atoms with van der Waals surface area (Å²) in [6.45, 7) is 0. The van der Waals surface area contributed by atoms with Crippen LogP contribution in [-0.4, -0.2) is 24.9 Å². The Morgan fingerprint density at radius 3 is 2.90 bits per heavy atom. The molecule has 1 aliphatic heterocycles. The largest absolute Gasteiger partial charge is 0.357 e. The minimum Gasteiger partial charge on any atom is -0.357 e. The zero-order valence-corrected chi connectivity index (χ0v) is 5.81. The number of nitrogens with one attached hydrogen (secondary N) is 2. The predicted molar refractivity (Wildman–Crippen MR) is 35.2 cm³/mol. The summed E-state index contributed by atoms with van der Waals surface area (Å²) in [6.07, 6.45) is 1.09. The molecule has 1 rings (SSSR count). The van der Waals surface area contributed by atoms with E-state index in [1.54, 1.807) is 7.05 Å². The van der Waals surface area contributed by atoms with Crippen molar-refractivity contribution in [2.24, 2.45) is 0 Å². The van der Waals surface area contributed by atoms with E-state index in [1.807, 2.05) is 0 Å². The molecule has 4 heteroatoms. The van der Waals surface area contributed by atoms with Gasteiger partial charge in [-0.1, -0.05) is 0 Å². The van der Waals surface area contributed by atoms with Crippen molar-refractivity contribution < 1.29 is 9.59 Å². The first-order chi connectivity index (χ1) is 4.74. The molecule has 0 aromatic heterocycles. The van der Waals surface area contributed by atoms with Crippen molar-refractivity contribution in [3.8, 4) is 0 Å². The number of likely N-dealkylation sites (N-methyl/N-ethyl adjacent to an activating group) is 1. The van der Waals surface area contributed by atoms with E-state index < -0.39 is 0 Å². The zero-order chi connectivity index (χ0) is 7.56. The zero-order valence-electron chi connectivity index (χ0n) is 5.81. The molecule has 1 saturated heterocycles. The van der Waals surface area contributed by atoms with Crippen LogP contribution in [0.1, 0.15) is 12.8 Å². The summed E-state index contributed by atoms with van der Waals surface area (Å²) in [6, 6.07) is -0.294. The van der Waals surface area contributed by atoms with Gasteiger partial charge >= 0.3 is 0 Å². The van der Waals surface area contributed by atoms with Gasteiger partial charge in [-0.05, 0) is 6.42 Å². The average molecular weight is 142 g/mol. The molecule has 56 valence electrons. The smallest absolute Gasteiger partial charge is 0.242 e. The molecule has 1 aliphatic rings. The second-order valence-corrected chi connectivity index (χ2v) is 2.27. The Morgan fingerprint density at radius 1 is 1.80 bits per heavy atom. The summed E-state index contributed by atoms with van der Waals surface area (Å²) in [5.41, 5.74) is 0. The molecule has 0 spiro atoms. The van der Waals surface area contributed by atoms with Crippen LogP contribution in [0.2, 0.25) is 0 Å². The summed E-state index contributed by atoms with van der Waals surface area (Å²) in [5.74, 6) is -0.139. The normalized spacial score (nSPS) is 24.1.